The minimum atomic E-state index is -0.226. The fraction of sp³-hybridized carbons (Fsp3) is 0.200. The van der Waals surface area contributed by atoms with E-state index in [1.807, 2.05) is 48.8 Å². The van der Waals surface area contributed by atoms with Crippen LogP contribution in [0.1, 0.15) is 32.2 Å². The molecule has 2 aromatic heterocycles. The van der Waals surface area contributed by atoms with Crippen LogP contribution in [0.5, 0.6) is 5.75 Å². The van der Waals surface area contributed by atoms with Gasteiger partial charge in [0, 0.05) is 34.3 Å². The fourth-order valence-corrected chi connectivity index (χ4v) is 3.28. The number of pyridine rings is 1. The van der Waals surface area contributed by atoms with Crippen molar-refractivity contribution in [3.8, 4) is 34.2 Å². The average Bonchev–Trinajstić information content (AvgIpc) is 2.77. The molecule has 0 spiro atoms. The van der Waals surface area contributed by atoms with Gasteiger partial charge in [-0.2, -0.15) is 5.26 Å². The lowest BCUT2D eigenvalue weighted by Gasteiger charge is -2.20. The Balaban J connectivity index is 2.00. The molecule has 30 heavy (non-hydrogen) atoms. The van der Waals surface area contributed by atoms with E-state index in [1.54, 1.807) is 19.2 Å². The molecule has 0 unspecified atom stereocenters. The third-order valence-corrected chi connectivity index (χ3v) is 4.97. The maximum Gasteiger partial charge on any atom is 0.135 e. The molecule has 0 atom stereocenters. The summed E-state index contributed by atoms with van der Waals surface area (Å²) in [5.74, 6) is 1.56. The molecule has 0 saturated carbocycles. The summed E-state index contributed by atoms with van der Waals surface area (Å²) in [6.45, 7) is 6.31. The second-order valence-electron chi connectivity index (χ2n) is 8.15. The van der Waals surface area contributed by atoms with E-state index in [2.05, 4.69) is 31.8 Å². The summed E-state index contributed by atoms with van der Waals surface area (Å²) in [4.78, 5) is 14.3. The number of methoxy groups -OCH3 is 1. The molecule has 2 aromatic carbocycles. The summed E-state index contributed by atoms with van der Waals surface area (Å²) >= 11 is 0. The summed E-state index contributed by atoms with van der Waals surface area (Å²) in [6, 6.07) is 17.5. The molecular formula is C25H22N4O. The molecule has 0 radical (unpaired) electrons. The van der Waals surface area contributed by atoms with Gasteiger partial charge in [0.05, 0.1) is 30.0 Å². The Labute approximate surface area is 176 Å². The first-order valence-electron chi connectivity index (χ1n) is 9.72. The largest absolute Gasteiger partial charge is 0.497 e. The molecular weight excluding hydrogens is 372 g/mol. The van der Waals surface area contributed by atoms with E-state index < -0.39 is 0 Å². The molecule has 0 aliphatic carbocycles. The molecule has 0 aliphatic rings. The van der Waals surface area contributed by atoms with Crippen molar-refractivity contribution < 1.29 is 4.74 Å². The van der Waals surface area contributed by atoms with Crippen LogP contribution in [0.3, 0.4) is 0 Å². The highest BCUT2D eigenvalue weighted by atomic mass is 16.5. The molecule has 4 rings (SSSR count). The second kappa shape index (κ2) is 7.57. The molecule has 5 nitrogen and oxygen atoms in total. The van der Waals surface area contributed by atoms with E-state index in [0.29, 0.717) is 5.56 Å². The van der Waals surface area contributed by atoms with Gasteiger partial charge >= 0.3 is 0 Å². The Bertz CT molecular complexity index is 1250. The van der Waals surface area contributed by atoms with Crippen LogP contribution in [0.2, 0.25) is 0 Å². The van der Waals surface area contributed by atoms with E-state index in [9.17, 15) is 0 Å². The van der Waals surface area contributed by atoms with Gasteiger partial charge in [-0.1, -0.05) is 45.0 Å². The first-order chi connectivity index (χ1) is 14.4. The monoisotopic (exact) mass is 394 g/mol. The first-order valence-corrected chi connectivity index (χ1v) is 9.72. The van der Waals surface area contributed by atoms with Gasteiger partial charge in [-0.05, 0) is 29.8 Å². The highest BCUT2D eigenvalue weighted by Gasteiger charge is 2.22. The Morgan fingerprint density at radius 2 is 1.53 bits per heavy atom. The molecule has 0 fully saturated rings. The third kappa shape index (κ3) is 3.60. The van der Waals surface area contributed by atoms with Crippen LogP contribution in [0, 0.1) is 11.3 Å². The zero-order chi connectivity index (χ0) is 21.3. The van der Waals surface area contributed by atoms with Crippen molar-refractivity contribution in [2.45, 2.75) is 26.2 Å². The fourth-order valence-electron chi connectivity index (χ4n) is 3.28. The van der Waals surface area contributed by atoms with Gasteiger partial charge in [-0.15, -0.1) is 0 Å². The maximum atomic E-state index is 9.13. The van der Waals surface area contributed by atoms with Gasteiger partial charge in [0.2, 0.25) is 0 Å². The summed E-state index contributed by atoms with van der Waals surface area (Å²) in [5.41, 5.74) is 4.95. The lowest BCUT2D eigenvalue weighted by atomic mass is 9.94. The molecule has 148 valence electrons. The first kappa shape index (κ1) is 19.5. The number of ether oxygens (including phenoxy) is 1. The van der Waals surface area contributed by atoms with Crippen LogP contribution < -0.4 is 4.74 Å². The lowest BCUT2D eigenvalue weighted by molar-refractivity contribution is 0.415. The molecule has 0 saturated heterocycles. The van der Waals surface area contributed by atoms with E-state index in [4.69, 9.17) is 20.0 Å². The molecule has 2 heterocycles. The number of benzene rings is 2. The second-order valence-corrected chi connectivity index (χ2v) is 8.15. The van der Waals surface area contributed by atoms with Gasteiger partial charge in [0.1, 0.15) is 11.6 Å². The smallest absolute Gasteiger partial charge is 0.135 e. The van der Waals surface area contributed by atoms with E-state index in [0.717, 1.165) is 44.9 Å². The summed E-state index contributed by atoms with van der Waals surface area (Å²) in [6.07, 6.45) is 3.65. The Morgan fingerprint density at radius 3 is 2.13 bits per heavy atom. The number of nitriles is 1. The quantitative estimate of drug-likeness (QED) is 0.456. The number of rotatable bonds is 3. The Kier molecular flexibility index (Phi) is 4.93. The molecule has 5 heteroatoms. The third-order valence-electron chi connectivity index (χ3n) is 4.97. The van der Waals surface area contributed by atoms with Gasteiger partial charge in [0.25, 0.3) is 0 Å². The van der Waals surface area contributed by atoms with Crippen molar-refractivity contribution in [1.29, 1.82) is 5.26 Å². The zero-order valence-electron chi connectivity index (χ0n) is 17.5. The number of hydrogen-bond donors (Lipinski definition) is 0. The van der Waals surface area contributed by atoms with E-state index in [-0.39, 0.29) is 5.41 Å². The molecule has 0 bridgehead atoms. The lowest BCUT2D eigenvalue weighted by Crippen LogP contribution is -2.17. The molecule has 0 aliphatic heterocycles. The number of aromatic nitrogens is 3. The Morgan fingerprint density at radius 1 is 0.867 bits per heavy atom. The van der Waals surface area contributed by atoms with Crippen LogP contribution in [0.25, 0.3) is 33.3 Å². The van der Waals surface area contributed by atoms with Crippen molar-refractivity contribution >= 4 is 10.9 Å². The number of nitrogens with zero attached hydrogens (tertiary/aromatic N) is 4. The zero-order valence-corrected chi connectivity index (χ0v) is 17.5. The number of hydrogen-bond acceptors (Lipinski definition) is 5. The van der Waals surface area contributed by atoms with Gasteiger partial charge in [-0.25, -0.2) is 9.97 Å². The summed E-state index contributed by atoms with van der Waals surface area (Å²) in [5, 5.41) is 10.0. The highest BCUT2D eigenvalue weighted by Crippen LogP contribution is 2.34. The Hall–Kier alpha value is -3.78. The predicted molar refractivity (Wildman–Crippen MR) is 118 cm³/mol. The van der Waals surface area contributed by atoms with Gasteiger partial charge in [-0.3, -0.25) is 4.98 Å². The van der Waals surface area contributed by atoms with E-state index in [1.165, 1.54) is 0 Å². The van der Waals surface area contributed by atoms with E-state index >= 15 is 0 Å². The minimum Gasteiger partial charge on any atom is -0.497 e. The maximum absolute atomic E-state index is 9.13. The van der Waals surface area contributed by atoms with Crippen molar-refractivity contribution in [1.82, 2.24) is 15.0 Å². The topological polar surface area (TPSA) is 71.7 Å². The summed E-state index contributed by atoms with van der Waals surface area (Å²) < 4.78 is 5.29. The molecule has 0 amide bonds. The number of fused-ring (bicyclic) bond motifs is 1. The van der Waals surface area contributed by atoms with Crippen molar-refractivity contribution in [3.05, 3.63) is 72.3 Å². The highest BCUT2D eigenvalue weighted by molar-refractivity contribution is 6.00. The van der Waals surface area contributed by atoms with Gasteiger partial charge < -0.3 is 4.74 Å². The van der Waals surface area contributed by atoms with Crippen LogP contribution in [0.15, 0.2) is 60.9 Å². The van der Waals surface area contributed by atoms with Crippen LogP contribution in [0.4, 0.5) is 0 Å². The van der Waals surface area contributed by atoms with Crippen molar-refractivity contribution in [2.75, 3.05) is 7.11 Å². The van der Waals surface area contributed by atoms with Crippen molar-refractivity contribution in [2.24, 2.45) is 0 Å². The normalized spacial score (nSPS) is 11.3. The molecule has 0 N–H and O–H groups in total. The molecule has 4 aromatic rings. The average molecular weight is 394 g/mol. The summed E-state index contributed by atoms with van der Waals surface area (Å²) in [7, 11) is 1.65. The van der Waals surface area contributed by atoms with Crippen LogP contribution in [-0.4, -0.2) is 22.1 Å². The van der Waals surface area contributed by atoms with Crippen LogP contribution >= 0.6 is 0 Å². The van der Waals surface area contributed by atoms with Crippen molar-refractivity contribution in [3.63, 3.8) is 0 Å². The van der Waals surface area contributed by atoms with Crippen LogP contribution in [-0.2, 0) is 5.41 Å². The standard InChI is InChI=1S/C25H22N4O/c1-25(2,3)24-28-22(18-7-5-16(13-26)6-8-18)21-15-27-14-20(23(21)29-24)17-9-11-19(30-4)12-10-17/h5-12,14-15H,1-4H3. The van der Waals surface area contributed by atoms with Gasteiger partial charge in [0.15, 0.2) is 0 Å². The SMILES string of the molecule is COc1ccc(-c2cncc3c(-c4ccc(C#N)cc4)nc(C(C)(C)C)nc23)cc1. The minimum absolute atomic E-state index is 0.226. The predicted octanol–water partition coefficient (Wildman–Crippen LogP) is 5.54.